The van der Waals surface area contributed by atoms with Crippen LogP contribution in [-0.4, -0.2) is 34.2 Å². The van der Waals surface area contributed by atoms with Crippen LogP contribution in [0.25, 0.3) is 0 Å². The van der Waals surface area contributed by atoms with Gasteiger partial charge in [0, 0.05) is 31.9 Å². The van der Waals surface area contributed by atoms with Gasteiger partial charge in [-0.1, -0.05) is 18.9 Å². The normalized spacial score (nSPS) is 23.7. The Morgan fingerprint density at radius 3 is 2.52 bits per heavy atom. The Hall–Kier alpha value is -2.24. The predicted molar refractivity (Wildman–Crippen MR) is 82.9 cm³/mol. The quantitative estimate of drug-likeness (QED) is 0.830. The van der Waals surface area contributed by atoms with Gasteiger partial charge in [0.05, 0.1) is 11.8 Å². The number of hydrogen-bond acceptors (Lipinski definition) is 4. The second kappa shape index (κ2) is 6.89. The van der Waals surface area contributed by atoms with Gasteiger partial charge in [0.2, 0.25) is 17.7 Å². The van der Waals surface area contributed by atoms with Crippen molar-refractivity contribution in [3.05, 3.63) is 30.1 Å². The zero-order valence-electron chi connectivity index (χ0n) is 13.0. The molecule has 122 valence electrons. The van der Waals surface area contributed by atoms with E-state index in [4.69, 9.17) is 0 Å². The van der Waals surface area contributed by atoms with E-state index in [0.29, 0.717) is 6.54 Å². The Morgan fingerprint density at radius 1 is 1.22 bits per heavy atom. The molecule has 1 N–H and O–H groups in total. The Balaban J connectivity index is 1.49. The lowest BCUT2D eigenvalue weighted by Crippen LogP contribution is -2.35. The highest BCUT2D eigenvalue weighted by Gasteiger charge is 2.47. The molecule has 0 radical (unpaired) electrons. The van der Waals surface area contributed by atoms with Crippen LogP contribution in [0.1, 0.15) is 37.7 Å². The van der Waals surface area contributed by atoms with Crippen molar-refractivity contribution in [1.29, 1.82) is 0 Å². The fourth-order valence-electron chi connectivity index (χ4n) is 3.46. The van der Waals surface area contributed by atoms with Gasteiger partial charge in [-0.15, -0.1) is 0 Å². The lowest BCUT2D eigenvalue weighted by Gasteiger charge is -2.19. The first-order chi connectivity index (χ1) is 11.2. The van der Waals surface area contributed by atoms with E-state index in [1.54, 1.807) is 12.4 Å². The number of likely N-dealkylation sites (tertiary alicyclic amines) is 1. The third kappa shape index (κ3) is 3.41. The van der Waals surface area contributed by atoms with Gasteiger partial charge in [0.25, 0.3) is 0 Å². The summed E-state index contributed by atoms with van der Waals surface area (Å²) in [5, 5.41) is 2.79. The SMILES string of the molecule is O=C(CCN1C(=O)[C@H]2CCCC[C@H]2C1=O)NCc1cccnc1. The summed E-state index contributed by atoms with van der Waals surface area (Å²) in [4.78, 5) is 41.8. The number of rotatable bonds is 5. The van der Waals surface area contributed by atoms with Crippen LogP contribution >= 0.6 is 0 Å². The third-order valence-electron chi connectivity index (χ3n) is 4.71. The molecule has 1 aromatic heterocycles. The Bertz CT molecular complexity index is 578. The van der Waals surface area contributed by atoms with E-state index in [1.165, 1.54) is 4.90 Å². The molecule has 2 atom stereocenters. The van der Waals surface area contributed by atoms with Crippen molar-refractivity contribution in [3.63, 3.8) is 0 Å². The van der Waals surface area contributed by atoms with Crippen molar-refractivity contribution in [2.45, 2.75) is 38.6 Å². The maximum absolute atomic E-state index is 12.3. The van der Waals surface area contributed by atoms with Crippen molar-refractivity contribution in [3.8, 4) is 0 Å². The fraction of sp³-hybridized carbons (Fsp3) is 0.529. The van der Waals surface area contributed by atoms with E-state index < -0.39 is 0 Å². The molecule has 1 saturated carbocycles. The van der Waals surface area contributed by atoms with Crippen LogP contribution in [-0.2, 0) is 20.9 Å². The van der Waals surface area contributed by atoms with Crippen LogP contribution in [0.15, 0.2) is 24.5 Å². The molecule has 6 nitrogen and oxygen atoms in total. The maximum Gasteiger partial charge on any atom is 0.233 e. The Labute approximate surface area is 135 Å². The summed E-state index contributed by atoms with van der Waals surface area (Å²) < 4.78 is 0. The minimum Gasteiger partial charge on any atom is -0.352 e. The van der Waals surface area contributed by atoms with E-state index in [0.717, 1.165) is 31.2 Å². The van der Waals surface area contributed by atoms with Gasteiger partial charge >= 0.3 is 0 Å². The molecule has 2 fully saturated rings. The summed E-state index contributed by atoms with van der Waals surface area (Å²) in [5.74, 6) is -0.617. The van der Waals surface area contributed by atoms with E-state index in [9.17, 15) is 14.4 Å². The van der Waals surface area contributed by atoms with Crippen molar-refractivity contribution in [2.24, 2.45) is 11.8 Å². The van der Waals surface area contributed by atoms with Crippen LogP contribution in [0.4, 0.5) is 0 Å². The maximum atomic E-state index is 12.3. The van der Waals surface area contributed by atoms with Crippen molar-refractivity contribution in [1.82, 2.24) is 15.2 Å². The number of imide groups is 1. The lowest BCUT2D eigenvalue weighted by molar-refractivity contribution is -0.140. The fourth-order valence-corrected chi connectivity index (χ4v) is 3.46. The average Bonchev–Trinajstić information content (AvgIpc) is 2.83. The number of amides is 3. The summed E-state index contributed by atoms with van der Waals surface area (Å²) in [6, 6.07) is 3.69. The molecule has 0 unspecified atom stereocenters. The zero-order valence-corrected chi connectivity index (χ0v) is 13.0. The Kier molecular flexibility index (Phi) is 4.69. The number of nitrogens with one attached hydrogen (secondary N) is 1. The number of pyridine rings is 1. The van der Waals surface area contributed by atoms with Gasteiger partial charge in [-0.25, -0.2) is 0 Å². The highest BCUT2D eigenvalue weighted by atomic mass is 16.2. The van der Waals surface area contributed by atoms with Gasteiger partial charge in [-0.3, -0.25) is 24.3 Å². The molecule has 6 heteroatoms. The molecule has 1 aliphatic heterocycles. The minimum absolute atomic E-state index is 0.0836. The van der Waals surface area contributed by atoms with E-state index in [1.807, 2.05) is 12.1 Å². The first kappa shape index (κ1) is 15.6. The second-order valence-corrected chi connectivity index (χ2v) is 6.21. The molecule has 3 amide bonds. The minimum atomic E-state index is -0.163. The number of fused-ring (bicyclic) bond motifs is 1. The molecule has 1 aromatic rings. The van der Waals surface area contributed by atoms with Gasteiger partial charge < -0.3 is 5.32 Å². The predicted octanol–water partition coefficient (Wildman–Crippen LogP) is 1.26. The molecule has 2 heterocycles. The van der Waals surface area contributed by atoms with Gasteiger partial charge in [0.1, 0.15) is 0 Å². The van der Waals surface area contributed by atoms with E-state index in [-0.39, 0.29) is 42.5 Å². The Morgan fingerprint density at radius 2 is 1.91 bits per heavy atom. The van der Waals surface area contributed by atoms with Crippen molar-refractivity contribution < 1.29 is 14.4 Å². The molecule has 1 aliphatic carbocycles. The molecule has 2 aliphatic rings. The number of aromatic nitrogens is 1. The van der Waals surface area contributed by atoms with Crippen LogP contribution in [0, 0.1) is 11.8 Å². The lowest BCUT2D eigenvalue weighted by atomic mass is 9.81. The summed E-state index contributed by atoms with van der Waals surface area (Å²) >= 11 is 0. The molecule has 23 heavy (non-hydrogen) atoms. The van der Waals surface area contributed by atoms with Crippen LogP contribution in [0.2, 0.25) is 0 Å². The molecule has 1 saturated heterocycles. The number of nitrogens with zero attached hydrogens (tertiary/aromatic N) is 2. The molecule has 0 spiro atoms. The van der Waals surface area contributed by atoms with Crippen LogP contribution < -0.4 is 5.32 Å². The van der Waals surface area contributed by atoms with Crippen LogP contribution in [0.5, 0.6) is 0 Å². The summed E-state index contributed by atoms with van der Waals surface area (Å²) in [6.45, 7) is 0.587. The standard InChI is InChI=1S/C17H21N3O3/c21-15(19-11-12-4-3-8-18-10-12)7-9-20-16(22)13-5-1-2-6-14(13)17(20)23/h3-4,8,10,13-14H,1-2,5-7,9,11H2,(H,19,21)/t13-,14+. The topological polar surface area (TPSA) is 79.4 Å². The van der Waals surface area contributed by atoms with Crippen molar-refractivity contribution in [2.75, 3.05) is 6.54 Å². The van der Waals surface area contributed by atoms with E-state index >= 15 is 0 Å². The van der Waals surface area contributed by atoms with Gasteiger partial charge in [0.15, 0.2) is 0 Å². The molecule has 0 bridgehead atoms. The zero-order chi connectivity index (χ0) is 16.2. The van der Waals surface area contributed by atoms with Crippen molar-refractivity contribution >= 4 is 17.7 Å². The molecular formula is C17H21N3O3. The number of carbonyl (C=O) groups excluding carboxylic acids is 3. The molecule has 0 aromatic carbocycles. The first-order valence-corrected chi connectivity index (χ1v) is 8.17. The molecular weight excluding hydrogens is 294 g/mol. The highest BCUT2D eigenvalue weighted by molar-refractivity contribution is 6.05. The van der Waals surface area contributed by atoms with E-state index in [2.05, 4.69) is 10.3 Å². The smallest absolute Gasteiger partial charge is 0.233 e. The number of carbonyl (C=O) groups is 3. The molecule has 3 rings (SSSR count). The van der Waals surface area contributed by atoms with Gasteiger partial charge in [-0.2, -0.15) is 0 Å². The summed E-state index contributed by atoms with van der Waals surface area (Å²) in [5.41, 5.74) is 0.917. The van der Waals surface area contributed by atoms with Gasteiger partial charge in [-0.05, 0) is 24.5 Å². The summed E-state index contributed by atoms with van der Waals surface area (Å²) in [7, 11) is 0. The second-order valence-electron chi connectivity index (χ2n) is 6.21. The highest BCUT2D eigenvalue weighted by Crippen LogP contribution is 2.37. The number of hydrogen-bond donors (Lipinski definition) is 1. The average molecular weight is 315 g/mol. The largest absolute Gasteiger partial charge is 0.352 e. The first-order valence-electron chi connectivity index (χ1n) is 8.17. The monoisotopic (exact) mass is 315 g/mol. The summed E-state index contributed by atoms with van der Waals surface area (Å²) in [6.07, 6.45) is 7.15. The van der Waals surface area contributed by atoms with Crippen LogP contribution in [0.3, 0.4) is 0 Å². The third-order valence-corrected chi connectivity index (χ3v) is 4.71.